The number of carbonyl (C=O) groups excluding carboxylic acids is 1. The number of amides is 2. The number of pyridine rings is 1. The van der Waals surface area contributed by atoms with Crippen molar-refractivity contribution in [2.24, 2.45) is 0 Å². The van der Waals surface area contributed by atoms with Crippen LogP contribution in [0.15, 0.2) is 91.3 Å². The zero-order chi connectivity index (χ0) is 32.1. The third-order valence-electron chi connectivity index (χ3n) is 8.09. The zero-order valence-corrected chi connectivity index (χ0v) is 26.8. The van der Waals surface area contributed by atoms with Crippen LogP contribution >= 0.6 is 0 Å². The van der Waals surface area contributed by atoms with Crippen molar-refractivity contribution in [3.8, 4) is 11.4 Å². The lowest BCUT2D eigenvalue weighted by Gasteiger charge is -2.26. The summed E-state index contributed by atoms with van der Waals surface area (Å²) in [6, 6.07) is 25.0. The van der Waals surface area contributed by atoms with Gasteiger partial charge in [-0.3, -0.25) is 15.2 Å². The van der Waals surface area contributed by atoms with Gasteiger partial charge in [-0.05, 0) is 47.4 Å². The SMILES string of the molecule is CC(C)c1cc(NC(=O)Nc2ccc(OCCc3cccnc3)c3ccccc23)n(-c2ccc(CN3CCS(=O)(=O)CC3)cc2)n1. The Labute approximate surface area is 269 Å². The highest BCUT2D eigenvalue weighted by molar-refractivity contribution is 7.91. The molecule has 0 bridgehead atoms. The van der Waals surface area contributed by atoms with Gasteiger partial charge in [-0.15, -0.1) is 0 Å². The molecule has 0 saturated carbocycles. The van der Waals surface area contributed by atoms with Crippen molar-refractivity contribution >= 4 is 38.1 Å². The van der Waals surface area contributed by atoms with Crippen LogP contribution < -0.4 is 15.4 Å². The van der Waals surface area contributed by atoms with Crippen molar-refractivity contribution in [1.29, 1.82) is 0 Å². The van der Waals surface area contributed by atoms with E-state index in [1.54, 1.807) is 10.9 Å². The molecule has 0 aliphatic carbocycles. The first-order valence-electron chi connectivity index (χ1n) is 15.5. The Morgan fingerprint density at radius 2 is 1.67 bits per heavy atom. The number of nitrogens with zero attached hydrogens (tertiary/aromatic N) is 4. The van der Waals surface area contributed by atoms with E-state index < -0.39 is 9.84 Å². The Hall–Kier alpha value is -4.74. The molecule has 3 heterocycles. The topological polar surface area (TPSA) is 118 Å². The normalized spacial score (nSPS) is 14.8. The number of benzene rings is 3. The van der Waals surface area contributed by atoms with Gasteiger partial charge in [-0.2, -0.15) is 5.10 Å². The third kappa shape index (κ3) is 7.55. The van der Waals surface area contributed by atoms with E-state index in [-0.39, 0.29) is 23.5 Å². The summed E-state index contributed by atoms with van der Waals surface area (Å²) in [5, 5.41) is 12.6. The summed E-state index contributed by atoms with van der Waals surface area (Å²) >= 11 is 0. The Morgan fingerprint density at radius 3 is 2.39 bits per heavy atom. The molecule has 1 fully saturated rings. The predicted octanol–water partition coefficient (Wildman–Crippen LogP) is 6.04. The van der Waals surface area contributed by atoms with Gasteiger partial charge in [-0.1, -0.05) is 56.3 Å². The number of fused-ring (bicyclic) bond motifs is 1. The number of ether oxygens (including phenoxy) is 1. The van der Waals surface area contributed by atoms with Crippen molar-refractivity contribution in [3.63, 3.8) is 0 Å². The van der Waals surface area contributed by atoms with E-state index in [9.17, 15) is 13.2 Å². The van der Waals surface area contributed by atoms with E-state index in [1.807, 2.05) is 85.1 Å². The van der Waals surface area contributed by atoms with Crippen LogP contribution in [-0.4, -0.2) is 65.3 Å². The first kappa shape index (κ1) is 31.3. The fourth-order valence-electron chi connectivity index (χ4n) is 5.48. The van der Waals surface area contributed by atoms with Gasteiger partial charge in [0.25, 0.3) is 0 Å². The maximum absolute atomic E-state index is 13.4. The first-order chi connectivity index (χ1) is 22.2. The second-order valence-corrected chi connectivity index (χ2v) is 14.1. The number of nitrogens with one attached hydrogen (secondary N) is 2. The Balaban J connectivity index is 1.15. The van der Waals surface area contributed by atoms with Gasteiger partial charge in [0.2, 0.25) is 0 Å². The second-order valence-electron chi connectivity index (χ2n) is 11.8. The molecule has 0 atom stereocenters. The minimum absolute atomic E-state index is 0.161. The van der Waals surface area contributed by atoms with Crippen LogP contribution in [0.1, 0.15) is 36.6 Å². The lowest BCUT2D eigenvalue weighted by molar-refractivity contribution is 0.262. The molecule has 1 aliphatic heterocycles. The van der Waals surface area contributed by atoms with Crippen molar-refractivity contribution in [2.75, 3.05) is 41.8 Å². The highest BCUT2D eigenvalue weighted by atomic mass is 32.2. The lowest BCUT2D eigenvalue weighted by atomic mass is 10.1. The van der Waals surface area contributed by atoms with E-state index in [1.165, 1.54) is 0 Å². The summed E-state index contributed by atoms with van der Waals surface area (Å²) in [5.41, 5.74) is 4.52. The number of aromatic nitrogens is 3. The molecule has 10 nitrogen and oxygen atoms in total. The molecule has 0 radical (unpaired) electrons. The van der Waals surface area contributed by atoms with E-state index in [2.05, 4.69) is 34.4 Å². The minimum atomic E-state index is -2.92. The zero-order valence-electron chi connectivity index (χ0n) is 26.0. The summed E-state index contributed by atoms with van der Waals surface area (Å²) in [6.07, 6.45) is 4.33. The number of urea groups is 1. The van der Waals surface area contributed by atoms with Crippen LogP contribution in [0.5, 0.6) is 5.75 Å². The van der Waals surface area contributed by atoms with Gasteiger partial charge in [0.05, 0.1) is 35.2 Å². The largest absolute Gasteiger partial charge is 0.493 e. The van der Waals surface area contributed by atoms with Gasteiger partial charge in [0.15, 0.2) is 9.84 Å². The molecule has 3 aromatic carbocycles. The number of hydrogen-bond acceptors (Lipinski definition) is 7. The maximum atomic E-state index is 13.4. The van der Waals surface area contributed by atoms with Crippen LogP contribution in [0.25, 0.3) is 16.5 Å². The monoisotopic (exact) mass is 638 g/mol. The highest BCUT2D eigenvalue weighted by Gasteiger charge is 2.22. The molecule has 46 heavy (non-hydrogen) atoms. The highest BCUT2D eigenvalue weighted by Crippen LogP contribution is 2.32. The van der Waals surface area contributed by atoms with Crippen molar-refractivity contribution in [1.82, 2.24) is 19.7 Å². The van der Waals surface area contributed by atoms with Gasteiger partial charge in [0.1, 0.15) is 11.6 Å². The fourth-order valence-corrected chi connectivity index (χ4v) is 6.75. The minimum Gasteiger partial charge on any atom is -0.493 e. The number of carbonyl (C=O) groups is 1. The molecular weight excluding hydrogens is 600 g/mol. The third-order valence-corrected chi connectivity index (χ3v) is 9.70. The predicted molar refractivity (Wildman–Crippen MR) is 182 cm³/mol. The van der Waals surface area contributed by atoms with Crippen molar-refractivity contribution in [3.05, 3.63) is 108 Å². The lowest BCUT2D eigenvalue weighted by Crippen LogP contribution is -2.39. The molecule has 2 N–H and O–H groups in total. The molecule has 5 aromatic rings. The van der Waals surface area contributed by atoms with Gasteiger partial charge >= 0.3 is 6.03 Å². The molecule has 0 spiro atoms. The maximum Gasteiger partial charge on any atom is 0.324 e. The molecule has 2 amide bonds. The van der Waals surface area contributed by atoms with Crippen LogP contribution in [0, 0.1) is 0 Å². The molecule has 238 valence electrons. The number of sulfone groups is 1. The second kappa shape index (κ2) is 13.7. The smallest absolute Gasteiger partial charge is 0.324 e. The molecule has 6 rings (SSSR count). The Morgan fingerprint density at radius 1 is 0.913 bits per heavy atom. The average molecular weight is 639 g/mol. The summed E-state index contributed by atoms with van der Waals surface area (Å²) in [7, 11) is -2.92. The molecular formula is C35H38N6O4S. The van der Waals surface area contributed by atoms with Crippen LogP contribution in [0.2, 0.25) is 0 Å². The van der Waals surface area contributed by atoms with Gasteiger partial charge in [0, 0.05) is 55.3 Å². The summed E-state index contributed by atoms with van der Waals surface area (Å²) in [6.45, 7) is 6.40. The van der Waals surface area contributed by atoms with Gasteiger partial charge in [-0.25, -0.2) is 17.9 Å². The summed E-state index contributed by atoms with van der Waals surface area (Å²) < 4.78 is 31.4. The molecule has 1 aliphatic rings. The van der Waals surface area contributed by atoms with E-state index in [0.29, 0.717) is 37.7 Å². The Kier molecular flexibility index (Phi) is 9.32. The van der Waals surface area contributed by atoms with Gasteiger partial charge < -0.3 is 10.1 Å². The van der Waals surface area contributed by atoms with E-state index in [0.717, 1.165) is 45.5 Å². The molecule has 2 aromatic heterocycles. The van der Waals surface area contributed by atoms with E-state index >= 15 is 0 Å². The Bertz CT molecular complexity index is 1910. The number of anilines is 2. The first-order valence-corrected chi connectivity index (χ1v) is 17.3. The van der Waals surface area contributed by atoms with Crippen LogP contribution in [0.4, 0.5) is 16.3 Å². The number of hydrogen-bond donors (Lipinski definition) is 2. The quantitative estimate of drug-likeness (QED) is 0.192. The summed E-state index contributed by atoms with van der Waals surface area (Å²) in [4.78, 5) is 19.7. The fraction of sp³-hybridized carbons (Fsp3) is 0.286. The molecule has 1 saturated heterocycles. The molecule has 11 heteroatoms. The average Bonchev–Trinajstić information content (AvgIpc) is 3.48. The van der Waals surface area contributed by atoms with Crippen molar-refractivity contribution < 1.29 is 17.9 Å². The van der Waals surface area contributed by atoms with Crippen LogP contribution in [-0.2, 0) is 22.8 Å². The van der Waals surface area contributed by atoms with Crippen LogP contribution in [0.3, 0.4) is 0 Å². The van der Waals surface area contributed by atoms with E-state index in [4.69, 9.17) is 9.84 Å². The number of rotatable bonds is 10. The molecule has 0 unspecified atom stereocenters. The summed E-state index contributed by atoms with van der Waals surface area (Å²) in [5.74, 6) is 1.87. The van der Waals surface area contributed by atoms with Crippen molar-refractivity contribution in [2.45, 2.75) is 32.7 Å². The standard InChI is InChI=1S/C35H38N6O4S/c1-25(2)32-22-34(41(39-32)28-11-9-27(10-12-28)24-40-17-20-46(43,44)21-18-40)38-35(42)37-31-13-14-33(30-8-4-3-7-29(30)31)45-19-15-26-6-5-16-36-23-26/h3-14,16,22-23,25H,15,17-21,24H2,1-2H3,(H2,37,38,42).